The van der Waals surface area contributed by atoms with Gasteiger partial charge in [0.25, 0.3) is 0 Å². The van der Waals surface area contributed by atoms with Gasteiger partial charge in [0.15, 0.2) is 0 Å². The molecule has 0 unspecified atom stereocenters. The van der Waals surface area contributed by atoms with E-state index in [1.807, 2.05) is 0 Å². The first-order chi connectivity index (χ1) is 8.04. The van der Waals surface area contributed by atoms with Gasteiger partial charge in [-0.1, -0.05) is 26.7 Å². The minimum atomic E-state index is -1.26. The van der Waals surface area contributed by atoms with E-state index in [4.69, 9.17) is 10.2 Å². The second-order valence-electron chi connectivity index (χ2n) is 3.47. The summed E-state index contributed by atoms with van der Waals surface area (Å²) in [5.41, 5.74) is 0. The Morgan fingerprint density at radius 3 is 1.53 bits per heavy atom. The van der Waals surface area contributed by atoms with Gasteiger partial charge in [0.05, 0.1) is 0 Å². The fourth-order valence-corrected chi connectivity index (χ4v) is 0.871. The van der Waals surface area contributed by atoms with Crippen LogP contribution in [0.15, 0.2) is 12.2 Å². The Kier molecular flexibility index (Phi) is 15.5. The average Bonchev–Trinajstić information content (AvgIpc) is 2.27. The van der Waals surface area contributed by atoms with Crippen molar-refractivity contribution < 1.29 is 19.8 Å². The summed E-state index contributed by atoms with van der Waals surface area (Å²) in [4.78, 5) is 19.1. The van der Waals surface area contributed by atoms with E-state index >= 15 is 0 Å². The maximum Gasteiger partial charge on any atom is 0.328 e. The molecule has 0 aliphatic rings. The third kappa shape index (κ3) is 25.2. The van der Waals surface area contributed by atoms with Crippen LogP contribution in [0.25, 0.3) is 0 Å². The number of hydrogen-bond acceptors (Lipinski definition) is 3. The molecule has 0 amide bonds. The first-order valence-corrected chi connectivity index (χ1v) is 5.89. The Bertz CT molecular complexity index is 205. The predicted octanol–water partition coefficient (Wildman–Crippen LogP) is 1.89. The quantitative estimate of drug-likeness (QED) is 0.449. The number of carboxylic acid groups (broad SMARTS) is 2. The highest BCUT2D eigenvalue weighted by atomic mass is 16.4. The van der Waals surface area contributed by atoms with E-state index in [-0.39, 0.29) is 0 Å². The number of nitrogens with one attached hydrogen (secondary N) is 1. The van der Waals surface area contributed by atoms with Crippen molar-refractivity contribution in [3.05, 3.63) is 12.2 Å². The lowest BCUT2D eigenvalue weighted by atomic mass is 10.3. The average molecular weight is 245 g/mol. The van der Waals surface area contributed by atoms with Gasteiger partial charge in [-0.2, -0.15) is 0 Å². The standard InChI is InChI=1S/C8H19N.C4H4O4/c1-3-5-7-9-8-6-4-2;5-3(6)1-2-4(7)8/h9H,3-8H2,1-2H3;1-2H,(H,5,6)(H,7,8). The van der Waals surface area contributed by atoms with E-state index in [2.05, 4.69) is 19.2 Å². The maximum absolute atomic E-state index is 9.55. The predicted molar refractivity (Wildman–Crippen MR) is 67.1 cm³/mol. The lowest BCUT2D eigenvalue weighted by Gasteiger charge is -1.99. The van der Waals surface area contributed by atoms with Crippen LogP contribution in [0.2, 0.25) is 0 Å². The molecular formula is C12H23NO4. The van der Waals surface area contributed by atoms with Crippen LogP contribution in [0, 0.1) is 0 Å². The molecule has 0 atom stereocenters. The zero-order chi connectivity index (χ0) is 13.5. The summed E-state index contributed by atoms with van der Waals surface area (Å²) in [6, 6.07) is 0. The Balaban J connectivity index is 0. The van der Waals surface area contributed by atoms with Crippen LogP contribution in [-0.2, 0) is 9.59 Å². The van der Waals surface area contributed by atoms with Crippen molar-refractivity contribution in [2.24, 2.45) is 0 Å². The third-order valence-electron chi connectivity index (χ3n) is 1.78. The molecule has 0 aromatic rings. The van der Waals surface area contributed by atoms with Crippen LogP contribution < -0.4 is 5.32 Å². The SMILES string of the molecule is CCCCNCCCC.O=C(O)C=CC(=O)O. The van der Waals surface area contributed by atoms with Gasteiger partial charge in [-0.25, -0.2) is 9.59 Å². The van der Waals surface area contributed by atoms with Gasteiger partial charge in [-0.15, -0.1) is 0 Å². The van der Waals surface area contributed by atoms with Crippen LogP contribution in [0.5, 0.6) is 0 Å². The lowest BCUT2D eigenvalue weighted by molar-refractivity contribution is -0.134. The maximum atomic E-state index is 9.55. The van der Waals surface area contributed by atoms with E-state index in [1.54, 1.807) is 0 Å². The molecule has 5 heteroatoms. The fraction of sp³-hybridized carbons (Fsp3) is 0.667. The largest absolute Gasteiger partial charge is 0.478 e. The lowest BCUT2D eigenvalue weighted by Crippen LogP contribution is -2.15. The molecule has 0 saturated heterocycles. The summed E-state index contributed by atoms with van der Waals surface area (Å²) >= 11 is 0. The molecule has 5 nitrogen and oxygen atoms in total. The van der Waals surface area contributed by atoms with Crippen LogP contribution in [0.4, 0.5) is 0 Å². The van der Waals surface area contributed by atoms with Crippen molar-refractivity contribution in [3.63, 3.8) is 0 Å². The molecule has 0 heterocycles. The first-order valence-electron chi connectivity index (χ1n) is 5.89. The van der Waals surface area contributed by atoms with E-state index in [1.165, 1.54) is 38.8 Å². The van der Waals surface area contributed by atoms with Crippen molar-refractivity contribution in [3.8, 4) is 0 Å². The molecule has 100 valence electrons. The molecule has 0 aromatic heterocycles. The number of aliphatic carboxylic acids is 2. The van der Waals surface area contributed by atoms with Gasteiger partial charge in [0.1, 0.15) is 0 Å². The van der Waals surface area contributed by atoms with E-state index in [9.17, 15) is 9.59 Å². The summed E-state index contributed by atoms with van der Waals surface area (Å²) in [5.74, 6) is -2.51. The second-order valence-corrected chi connectivity index (χ2v) is 3.47. The van der Waals surface area contributed by atoms with Crippen molar-refractivity contribution in [1.82, 2.24) is 5.32 Å². The molecule has 17 heavy (non-hydrogen) atoms. The number of unbranched alkanes of at least 4 members (excludes halogenated alkanes) is 2. The summed E-state index contributed by atoms with van der Waals surface area (Å²) in [7, 11) is 0. The van der Waals surface area contributed by atoms with Gasteiger partial charge in [0, 0.05) is 12.2 Å². The normalized spacial score (nSPS) is 9.76. The summed E-state index contributed by atoms with van der Waals surface area (Å²) in [6.45, 7) is 6.86. The van der Waals surface area contributed by atoms with Crippen molar-refractivity contribution in [1.29, 1.82) is 0 Å². The molecule has 3 N–H and O–H groups in total. The Morgan fingerprint density at radius 2 is 1.29 bits per heavy atom. The fourth-order valence-electron chi connectivity index (χ4n) is 0.871. The second kappa shape index (κ2) is 14.6. The number of carboxylic acids is 2. The molecule has 0 aromatic carbocycles. The molecule has 0 rings (SSSR count). The van der Waals surface area contributed by atoms with Crippen LogP contribution in [0.1, 0.15) is 39.5 Å². The topological polar surface area (TPSA) is 86.6 Å². The van der Waals surface area contributed by atoms with Crippen LogP contribution in [-0.4, -0.2) is 35.2 Å². The van der Waals surface area contributed by atoms with E-state index in [0.29, 0.717) is 12.2 Å². The Labute approximate surface area is 103 Å². The van der Waals surface area contributed by atoms with Gasteiger partial charge in [-0.3, -0.25) is 0 Å². The minimum absolute atomic E-state index is 0.558. The van der Waals surface area contributed by atoms with Crippen LogP contribution in [0.3, 0.4) is 0 Å². The number of hydrogen-bond donors (Lipinski definition) is 3. The zero-order valence-corrected chi connectivity index (χ0v) is 10.6. The summed E-state index contributed by atoms with van der Waals surface area (Å²) in [6.07, 6.45) is 6.37. The highest BCUT2D eigenvalue weighted by Crippen LogP contribution is 1.85. The first kappa shape index (κ1) is 18.0. The molecule has 0 aliphatic carbocycles. The molecule has 0 radical (unpaired) electrons. The highest BCUT2D eigenvalue weighted by Gasteiger charge is 1.88. The minimum Gasteiger partial charge on any atom is -0.478 e. The number of rotatable bonds is 8. The van der Waals surface area contributed by atoms with Crippen LogP contribution >= 0.6 is 0 Å². The van der Waals surface area contributed by atoms with Gasteiger partial charge in [-0.05, 0) is 25.9 Å². The van der Waals surface area contributed by atoms with Crippen molar-refractivity contribution in [2.75, 3.05) is 13.1 Å². The Hall–Kier alpha value is -1.36. The van der Waals surface area contributed by atoms with Gasteiger partial charge in [0.2, 0.25) is 0 Å². The summed E-state index contributed by atoms with van der Waals surface area (Å²) in [5, 5.41) is 19.0. The monoisotopic (exact) mass is 245 g/mol. The van der Waals surface area contributed by atoms with Gasteiger partial charge >= 0.3 is 11.9 Å². The van der Waals surface area contributed by atoms with Gasteiger partial charge < -0.3 is 15.5 Å². The molecule has 0 aliphatic heterocycles. The third-order valence-corrected chi connectivity index (χ3v) is 1.78. The molecule has 0 saturated carbocycles. The molecule has 0 spiro atoms. The smallest absolute Gasteiger partial charge is 0.328 e. The van der Waals surface area contributed by atoms with Crippen molar-refractivity contribution in [2.45, 2.75) is 39.5 Å². The highest BCUT2D eigenvalue weighted by molar-refractivity contribution is 5.89. The summed E-state index contributed by atoms with van der Waals surface area (Å²) < 4.78 is 0. The van der Waals surface area contributed by atoms with E-state index < -0.39 is 11.9 Å². The zero-order valence-electron chi connectivity index (χ0n) is 10.6. The molecule has 0 fully saturated rings. The Morgan fingerprint density at radius 1 is 0.941 bits per heavy atom. The molecule has 0 bridgehead atoms. The molecular weight excluding hydrogens is 222 g/mol. The number of carbonyl (C=O) groups is 2. The van der Waals surface area contributed by atoms with Crippen molar-refractivity contribution >= 4 is 11.9 Å². The van der Waals surface area contributed by atoms with E-state index in [0.717, 1.165) is 0 Å².